The molecule has 1 amide bonds. The Balaban J connectivity index is 1.27. The van der Waals surface area contributed by atoms with Crippen molar-refractivity contribution in [3.05, 3.63) is 71.6 Å². The minimum Gasteiger partial charge on any atom is -0.475 e. The maximum Gasteiger partial charge on any atom is 0.429 e. The first kappa shape index (κ1) is 52.2. The van der Waals surface area contributed by atoms with E-state index in [1.807, 2.05) is 6.07 Å². The van der Waals surface area contributed by atoms with Gasteiger partial charge in [-0.05, 0) is 106 Å². The van der Waals surface area contributed by atoms with Gasteiger partial charge in [-0.15, -0.1) is 10.6 Å². The number of hydrogen-bond acceptors (Lipinski definition) is 11. The van der Waals surface area contributed by atoms with E-state index in [-0.39, 0.29) is 65.0 Å². The number of aromatic nitrogens is 5. The topological polar surface area (TPSA) is 128 Å². The third-order valence-corrected chi connectivity index (χ3v) is 19.8. The van der Waals surface area contributed by atoms with Crippen molar-refractivity contribution in [3.8, 4) is 34.6 Å². The second-order valence-corrected chi connectivity index (χ2v) is 26.0. The van der Waals surface area contributed by atoms with Crippen LogP contribution in [0.2, 0.25) is 16.6 Å². The Morgan fingerprint density at radius 1 is 0.886 bits per heavy atom. The van der Waals surface area contributed by atoms with E-state index >= 15 is 8.78 Å². The molecule has 2 unspecified atom stereocenters. The van der Waals surface area contributed by atoms with Crippen molar-refractivity contribution in [2.45, 2.75) is 142 Å². The van der Waals surface area contributed by atoms with E-state index in [9.17, 15) is 18.0 Å². The van der Waals surface area contributed by atoms with Gasteiger partial charge in [-0.2, -0.15) is 28.2 Å². The zero-order valence-electron chi connectivity index (χ0n) is 41.6. The molecule has 0 saturated carbocycles. The zero-order chi connectivity index (χ0) is 50.5. The Labute approximate surface area is 408 Å². The number of amides is 1. The molecule has 3 aromatic heterocycles. The number of hydrazine groups is 1. The second kappa shape index (κ2) is 21.8. The molecular formula is C52H65F5N8O4Si. The summed E-state index contributed by atoms with van der Waals surface area (Å²) in [7, 11) is -2.31. The summed E-state index contributed by atoms with van der Waals surface area (Å²) >= 11 is 0. The number of carbonyl (C=O) groups excluding carboxylic acids is 1. The molecule has 0 bridgehead atoms. The molecule has 2 aliphatic heterocycles. The molecule has 376 valence electrons. The van der Waals surface area contributed by atoms with Gasteiger partial charge >= 0.3 is 18.3 Å². The van der Waals surface area contributed by atoms with Crippen LogP contribution >= 0.6 is 0 Å². The summed E-state index contributed by atoms with van der Waals surface area (Å²) in [6, 6.07) is 8.95. The van der Waals surface area contributed by atoms with Gasteiger partial charge in [0.25, 0.3) is 0 Å². The highest BCUT2D eigenvalue weighted by Gasteiger charge is 2.42. The number of rotatable bonds is 11. The summed E-state index contributed by atoms with van der Waals surface area (Å²) in [6.45, 7) is 20.1. The van der Waals surface area contributed by atoms with E-state index in [0.717, 1.165) is 25.3 Å². The van der Waals surface area contributed by atoms with Crippen LogP contribution in [-0.4, -0.2) is 88.8 Å². The van der Waals surface area contributed by atoms with Gasteiger partial charge in [0.05, 0.1) is 29.3 Å². The van der Waals surface area contributed by atoms with Gasteiger partial charge < -0.3 is 19.5 Å². The number of anilines is 1. The average molecular weight is 989 g/mol. The number of benzene rings is 2. The highest BCUT2D eigenvalue weighted by molar-refractivity contribution is 6.90. The number of fused-ring (bicyclic) bond motifs is 2. The number of nitrogens with one attached hydrogen (secondary N) is 1. The first-order valence-electron chi connectivity index (χ1n) is 24.5. The van der Waals surface area contributed by atoms with Crippen molar-refractivity contribution >= 4 is 41.7 Å². The summed E-state index contributed by atoms with van der Waals surface area (Å²) in [5.41, 5.74) is 3.20. The van der Waals surface area contributed by atoms with Gasteiger partial charge in [0.2, 0.25) is 5.88 Å². The van der Waals surface area contributed by atoms with Crippen LogP contribution < -0.4 is 19.8 Å². The lowest BCUT2D eigenvalue weighted by Gasteiger charge is -2.38. The van der Waals surface area contributed by atoms with Gasteiger partial charge in [-0.3, -0.25) is 9.99 Å². The molecule has 5 aromatic rings. The Bertz CT molecular complexity index is 2700. The highest BCUT2D eigenvalue weighted by Crippen LogP contribution is 2.42. The lowest BCUT2D eigenvalue weighted by molar-refractivity contribution is -0.138. The molecule has 12 nitrogen and oxygen atoms in total. The molecule has 0 aliphatic carbocycles. The Morgan fingerprint density at radius 3 is 2.34 bits per heavy atom. The second-order valence-electron chi connectivity index (χ2n) is 20.4. The van der Waals surface area contributed by atoms with E-state index in [1.54, 1.807) is 44.0 Å². The third-order valence-electron chi connectivity index (χ3n) is 13.5. The largest absolute Gasteiger partial charge is 0.475 e. The number of nitrogens with zero attached hydrogens (tertiary/aromatic N) is 7. The molecule has 70 heavy (non-hydrogen) atoms. The van der Waals surface area contributed by atoms with Crippen molar-refractivity contribution in [1.29, 1.82) is 0 Å². The SMILES string of the molecule is CC(C)[Si](C#Cc1c(F)ccc2cccc(-c3ncc4c(N5CCCCCN5C(=O)OC(C)(C)C)nc(OCC5CCCNC(COc6cc(C(F)(F)F)cnn6)CC5)nc4c3F)c12)(C(C)C)C(C)C. The maximum atomic E-state index is 17.8. The molecule has 18 heteroatoms. The van der Waals surface area contributed by atoms with Crippen molar-refractivity contribution in [2.75, 3.05) is 37.9 Å². The fraction of sp³-hybridized carbons (Fsp3) is 0.538. The number of ether oxygens (including phenoxy) is 3. The Morgan fingerprint density at radius 2 is 1.63 bits per heavy atom. The Kier molecular flexibility index (Phi) is 16.2. The normalized spacial score (nSPS) is 17.6. The van der Waals surface area contributed by atoms with Crippen molar-refractivity contribution in [3.63, 3.8) is 0 Å². The number of pyridine rings is 1. The van der Waals surface area contributed by atoms with Crippen LogP contribution in [0.5, 0.6) is 11.9 Å². The fourth-order valence-corrected chi connectivity index (χ4v) is 15.3. The smallest absolute Gasteiger partial charge is 0.429 e. The Hall–Kier alpha value is -5.67. The van der Waals surface area contributed by atoms with Crippen molar-refractivity contribution < 1.29 is 41.0 Å². The van der Waals surface area contributed by atoms with Gasteiger partial charge in [0, 0.05) is 42.3 Å². The molecule has 1 N–H and O–H groups in total. The van der Waals surface area contributed by atoms with Crippen LogP contribution in [0.25, 0.3) is 32.9 Å². The van der Waals surface area contributed by atoms with Crippen LogP contribution in [0.3, 0.4) is 0 Å². The molecule has 7 rings (SSSR count). The van der Waals surface area contributed by atoms with Gasteiger partial charge in [0.15, 0.2) is 11.6 Å². The van der Waals surface area contributed by atoms with E-state index in [4.69, 9.17) is 29.2 Å². The van der Waals surface area contributed by atoms with Gasteiger partial charge in [-0.1, -0.05) is 71.7 Å². The molecule has 0 radical (unpaired) electrons. The lowest BCUT2D eigenvalue weighted by Crippen LogP contribution is -2.49. The summed E-state index contributed by atoms with van der Waals surface area (Å²) in [6.07, 6.45) is 2.04. The number of carbonyl (C=O) groups is 1. The number of alkyl halides is 3. The standard InChI is InChI=1S/C52H65F5N8O4Si/c1-32(2)70(33(3)4,34(5)6)26-22-39-42(53)21-19-36-16-13-17-40(44(36)39)46-45(54)47-41(29-59-46)48(64-24-11-10-12-25-65(64)50(66)69-51(7,8)9)62-49(61-47)68-30-35-15-14-23-58-38(20-18-35)31-67-43-27-37(28-60-63-43)52(55,56)57/h13,16-17,19,21,27-29,32-35,38,58H,10-12,14-15,18,20,23-25,30-31H2,1-9H3. The molecule has 2 saturated heterocycles. The number of hydrogen-bond donors (Lipinski definition) is 1. The van der Waals surface area contributed by atoms with E-state index < -0.39 is 43.1 Å². The molecule has 5 heterocycles. The molecule has 2 fully saturated rings. The minimum absolute atomic E-state index is 0.00369. The zero-order valence-corrected chi connectivity index (χ0v) is 42.6. The highest BCUT2D eigenvalue weighted by atomic mass is 28.3. The monoisotopic (exact) mass is 988 g/mol. The average Bonchev–Trinajstić information content (AvgIpc) is 3.55. The molecule has 0 spiro atoms. The van der Waals surface area contributed by atoms with E-state index in [1.165, 1.54) is 17.3 Å². The molecule has 2 aliphatic rings. The van der Waals surface area contributed by atoms with Crippen LogP contribution in [-0.2, 0) is 10.9 Å². The van der Waals surface area contributed by atoms with Crippen molar-refractivity contribution in [2.24, 2.45) is 5.92 Å². The summed E-state index contributed by atoms with van der Waals surface area (Å²) in [5, 5.41) is 15.1. The summed E-state index contributed by atoms with van der Waals surface area (Å²) < 4.78 is 91.8. The van der Waals surface area contributed by atoms with E-state index in [0.29, 0.717) is 84.5 Å². The molecule has 2 atom stereocenters. The number of halogens is 5. The third kappa shape index (κ3) is 11.7. The molecular weight excluding hydrogens is 924 g/mol. The first-order chi connectivity index (χ1) is 33.2. The first-order valence-corrected chi connectivity index (χ1v) is 26.7. The van der Waals surface area contributed by atoms with Gasteiger partial charge in [-0.25, -0.2) is 18.6 Å². The lowest BCUT2D eigenvalue weighted by atomic mass is 9.94. The predicted octanol–water partition coefficient (Wildman–Crippen LogP) is 12.3. The van der Waals surface area contributed by atoms with Crippen LogP contribution in [0.4, 0.5) is 32.6 Å². The van der Waals surface area contributed by atoms with Crippen LogP contribution in [0.15, 0.2) is 48.8 Å². The van der Waals surface area contributed by atoms with E-state index in [2.05, 4.69) is 68.5 Å². The molecule has 2 aromatic carbocycles. The van der Waals surface area contributed by atoms with Gasteiger partial charge in [0.1, 0.15) is 37.3 Å². The minimum atomic E-state index is -4.58. The quantitative estimate of drug-likeness (QED) is 0.0772. The van der Waals surface area contributed by atoms with Crippen molar-refractivity contribution in [1.82, 2.24) is 35.5 Å². The van der Waals surface area contributed by atoms with Crippen LogP contribution in [0.1, 0.15) is 118 Å². The summed E-state index contributed by atoms with van der Waals surface area (Å²) in [4.78, 5) is 28.2. The van der Waals surface area contributed by atoms with Crippen LogP contribution in [0, 0.1) is 29.0 Å². The predicted molar refractivity (Wildman–Crippen MR) is 264 cm³/mol. The summed E-state index contributed by atoms with van der Waals surface area (Å²) in [5.74, 6) is 2.04. The maximum absolute atomic E-state index is 17.8. The fourth-order valence-electron chi connectivity index (χ4n) is 10.1.